The Morgan fingerprint density at radius 1 is 1.43 bits per heavy atom. The van der Waals surface area contributed by atoms with E-state index < -0.39 is 39.1 Å². The molecule has 0 fully saturated rings. The molecule has 0 aromatic rings. The van der Waals surface area contributed by atoms with Gasteiger partial charge in [-0.1, -0.05) is 6.92 Å². The number of hydrogen-bond acceptors (Lipinski definition) is 4. The highest BCUT2D eigenvalue weighted by molar-refractivity contribution is 7.92. The van der Waals surface area contributed by atoms with Crippen LogP contribution < -0.4 is 5.32 Å². The van der Waals surface area contributed by atoms with Crippen molar-refractivity contribution < 1.29 is 23.1 Å². The van der Waals surface area contributed by atoms with Gasteiger partial charge in [0.2, 0.25) is 5.91 Å². The quantitative estimate of drug-likeness (QED) is 0.614. The van der Waals surface area contributed by atoms with Gasteiger partial charge < -0.3 is 10.4 Å². The molecule has 1 unspecified atom stereocenters. The van der Waals surface area contributed by atoms with E-state index in [-0.39, 0.29) is 0 Å². The Bertz CT molecular complexity index is 321. The van der Waals surface area contributed by atoms with E-state index in [1.807, 2.05) is 0 Å². The first-order valence-electron chi connectivity index (χ1n) is 3.92. The van der Waals surface area contributed by atoms with Gasteiger partial charge in [-0.2, -0.15) is 0 Å². The minimum Gasteiger partial charge on any atom is -0.481 e. The number of carboxylic acids is 1. The fourth-order valence-electron chi connectivity index (χ4n) is 0.783. The molecule has 1 amide bonds. The molecule has 0 aliphatic rings. The van der Waals surface area contributed by atoms with Gasteiger partial charge in [0.15, 0.2) is 9.84 Å². The van der Waals surface area contributed by atoms with Crippen LogP contribution in [0.5, 0.6) is 0 Å². The zero-order valence-electron chi connectivity index (χ0n) is 7.98. The summed E-state index contributed by atoms with van der Waals surface area (Å²) in [6.07, 6.45) is 0. The topological polar surface area (TPSA) is 101 Å². The molecule has 2 N–H and O–H groups in total. The zero-order chi connectivity index (χ0) is 11.4. The van der Waals surface area contributed by atoms with Gasteiger partial charge in [0, 0.05) is 7.05 Å². The molecule has 0 aromatic carbocycles. The third kappa shape index (κ3) is 4.80. The molecule has 0 rings (SSSR count). The van der Waals surface area contributed by atoms with Gasteiger partial charge >= 0.3 is 5.97 Å². The van der Waals surface area contributed by atoms with Gasteiger partial charge in [-0.05, 0) is 0 Å². The minimum atomic E-state index is -3.63. The van der Waals surface area contributed by atoms with Crippen molar-refractivity contribution in [1.29, 1.82) is 0 Å². The molecule has 0 aliphatic carbocycles. The van der Waals surface area contributed by atoms with Crippen molar-refractivity contribution in [3.8, 4) is 0 Å². The summed E-state index contributed by atoms with van der Waals surface area (Å²) < 4.78 is 22.4. The van der Waals surface area contributed by atoms with E-state index in [2.05, 4.69) is 5.32 Å². The van der Waals surface area contributed by atoms with Crippen molar-refractivity contribution in [2.45, 2.75) is 6.92 Å². The molecule has 1 atom stereocenters. The van der Waals surface area contributed by atoms with Crippen LogP contribution >= 0.6 is 0 Å². The smallest absolute Gasteiger partial charge is 0.307 e. The van der Waals surface area contributed by atoms with Crippen LogP contribution in [0.25, 0.3) is 0 Å². The zero-order valence-corrected chi connectivity index (χ0v) is 8.80. The monoisotopic (exact) mass is 223 g/mol. The highest BCUT2D eigenvalue weighted by atomic mass is 32.2. The first-order valence-corrected chi connectivity index (χ1v) is 5.74. The molecule has 14 heavy (non-hydrogen) atoms. The Hall–Kier alpha value is -1.11. The second-order valence-electron chi connectivity index (χ2n) is 2.97. The first-order chi connectivity index (χ1) is 6.28. The lowest BCUT2D eigenvalue weighted by molar-refractivity contribution is -0.140. The maximum atomic E-state index is 11.2. The highest BCUT2D eigenvalue weighted by Gasteiger charge is 2.23. The van der Waals surface area contributed by atoms with Crippen molar-refractivity contribution in [3.63, 3.8) is 0 Å². The Morgan fingerprint density at radius 2 is 1.93 bits per heavy atom. The average Bonchev–Trinajstić information content (AvgIpc) is 2.02. The predicted molar refractivity (Wildman–Crippen MR) is 49.5 cm³/mol. The van der Waals surface area contributed by atoms with Gasteiger partial charge in [-0.25, -0.2) is 8.42 Å². The van der Waals surface area contributed by atoms with E-state index >= 15 is 0 Å². The summed E-state index contributed by atoms with van der Waals surface area (Å²) in [5, 5.41) is 10.6. The number of carboxylic acid groups (broad SMARTS) is 1. The normalized spacial score (nSPS) is 13.3. The van der Waals surface area contributed by atoms with Crippen LogP contribution in [-0.4, -0.2) is 44.0 Å². The maximum absolute atomic E-state index is 11.2. The minimum absolute atomic E-state index is 0.518. The molecule has 0 spiro atoms. The summed E-state index contributed by atoms with van der Waals surface area (Å²) in [5.74, 6) is -4.01. The second kappa shape index (κ2) is 4.94. The summed E-state index contributed by atoms with van der Waals surface area (Å²) >= 11 is 0. The summed E-state index contributed by atoms with van der Waals surface area (Å²) in [4.78, 5) is 21.1. The molecule has 0 aromatic heterocycles. The van der Waals surface area contributed by atoms with E-state index in [1.165, 1.54) is 14.0 Å². The fourth-order valence-corrected chi connectivity index (χ4v) is 2.35. The first kappa shape index (κ1) is 12.9. The number of hydrogen-bond donors (Lipinski definition) is 2. The number of sulfone groups is 1. The predicted octanol–water partition coefficient (Wildman–Crippen LogP) is -1.13. The molecule has 0 saturated carbocycles. The van der Waals surface area contributed by atoms with Crippen LogP contribution in [-0.2, 0) is 19.4 Å². The van der Waals surface area contributed by atoms with Gasteiger partial charge in [-0.15, -0.1) is 0 Å². The number of aliphatic carboxylic acids is 1. The summed E-state index contributed by atoms with van der Waals surface area (Å²) in [6.45, 7) is 1.28. The largest absolute Gasteiger partial charge is 0.481 e. The Kier molecular flexibility index (Phi) is 4.55. The molecule has 0 radical (unpaired) electrons. The van der Waals surface area contributed by atoms with E-state index in [1.54, 1.807) is 0 Å². The van der Waals surface area contributed by atoms with Gasteiger partial charge in [0.05, 0.1) is 11.7 Å². The van der Waals surface area contributed by atoms with Crippen molar-refractivity contribution in [3.05, 3.63) is 0 Å². The Labute approximate surface area is 82.2 Å². The molecule has 7 heteroatoms. The summed E-state index contributed by atoms with van der Waals surface area (Å²) in [7, 11) is -2.31. The fraction of sp³-hybridized carbons (Fsp3) is 0.714. The summed E-state index contributed by atoms with van der Waals surface area (Å²) in [6, 6.07) is 0. The second-order valence-corrected chi connectivity index (χ2v) is 5.08. The van der Waals surface area contributed by atoms with Crippen molar-refractivity contribution in [2.24, 2.45) is 5.92 Å². The van der Waals surface area contributed by atoms with E-state index in [9.17, 15) is 18.0 Å². The number of carbonyl (C=O) groups excluding carboxylic acids is 1. The lowest BCUT2D eigenvalue weighted by atomic mass is 10.2. The molecule has 82 valence electrons. The van der Waals surface area contributed by atoms with Gasteiger partial charge in [0.25, 0.3) is 0 Å². The van der Waals surface area contributed by atoms with Gasteiger partial charge in [0.1, 0.15) is 5.75 Å². The SMILES string of the molecule is CNC(=O)CS(=O)(=O)CC(C)C(=O)O. The maximum Gasteiger partial charge on any atom is 0.307 e. The average molecular weight is 223 g/mol. The van der Waals surface area contributed by atoms with E-state index in [4.69, 9.17) is 5.11 Å². The van der Waals surface area contributed by atoms with E-state index in [0.717, 1.165) is 0 Å². The van der Waals surface area contributed by atoms with Crippen LogP contribution in [0, 0.1) is 5.92 Å². The summed E-state index contributed by atoms with van der Waals surface area (Å²) in [5.41, 5.74) is 0. The van der Waals surface area contributed by atoms with Crippen LogP contribution in [0.15, 0.2) is 0 Å². The Balaban J connectivity index is 4.36. The Morgan fingerprint density at radius 3 is 2.29 bits per heavy atom. The molecule has 0 saturated heterocycles. The molecule has 0 bridgehead atoms. The number of nitrogens with one attached hydrogen (secondary N) is 1. The molecule has 0 heterocycles. The lowest BCUT2D eigenvalue weighted by Gasteiger charge is -2.06. The molecular weight excluding hydrogens is 210 g/mol. The van der Waals surface area contributed by atoms with Crippen LogP contribution in [0.1, 0.15) is 6.92 Å². The van der Waals surface area contributed by atoms with Crippen LogP contribution in [0.4, 0.5) is 0 Å². The molecule has 0 aliphatic heterocycles. The highest BCUT2D eigenvalue weighted by Crippen LogP contribution is 2.02. The van der Waals surface area contributed by atoms with Crippen molar-refractivity contribution in [1.82, 2.24) is 5.32 Å². The standard InChI is InChI=1S/C7H13NO5S/c1-5(7(10)11)3-14(12,13)4-6(9)8-2/h5H,3-4H2,1-2H3,(H,8,9)(H,10,11). The molecule has 6 nitrogen and oxygen atoms in total. The van der Waals surface area contributed by atoms with Crippen molar-refractivity contribution >= 4 is 21.7 Å². The molecular formula is C7H13NO5S. The number of amides is 1. The van der Waals surface area contributed by atoms with Crippen LogP contribution in [0.2, 0.25) is 0 Å². The lowest BCUT2D eigenvalue weighted by Crippen LogP contribution is -2.31. The third-order valence-electron chi connectivity index (χ3n) is 1.56. The number of rotatable bonds is 5. The van der Waals surface area contributed by atoms with E-state index in [0.29, 0.717) is 0 Å². The van der Waals surface area contributed by atoms with Crippen LogP contribution in [0.3, 0.4) is 0 Å². The number of carbonyl (C=O) groups is 2. The van der Waals surface area contributed by atoms with Crippen molar-refractivity contribution in [2.75, 3.05) is 18.6 Å². The third-order valence-corrected chi connectivity index (χ3v) is 3.27. The van der Waals surface area contributed by atoms with Gasteiger partial charge in [-0.3, -0.25) is 9.59 Å².